The number of aliphatic hydroxyl groups is 2. The lowest BCUT2D eigenvalue weighted by Gasteiger charge is -2.44. The summed E-state index contributed by atoms with van der Waals surface area (Å²) in [7, 11) is 3.41. The van der Waals surface area contributed by atoms with Crippen molar-refractivity contribution in [2.45, 2.75) is 31.0 Å². The first-order valence-corrected chi connectivity index (χ1v) is 16.4. The van der Waals surface area contributed by atoms with Crippen LogP contribution in [0.4, 0.5) is 0 Å². The molecule has 10 heteroatoms. The van der Waals surface area contributed by atoms with E-state index >= 15 is 0 Å². The summed E-state index contributed by atoms with van der Waals surface area (Å²) in [5.41, 5.74) is 1.89. The first kappa shape index (κ1) is 34.6. The lowest BCUT2D eigenvalue weighted by molar-refractivity contribution is -0.0115. The molecule has 0 aromatic heterocycles. The molecule has 0 aliphatic carbocycles. The fourth-order valence-corrected chi connectivity index (χ4v) is 6.81. The van der Waals surface area contributed by atoms with Crippen molar-refractivity contribution >= 4 is 39.9 Å². The van der Waals surface area contributed by atoms with Crippen LogP contribution in [-0.4, -0.2) is 90.4 Å². The van der Waals surface area contributed by atoms with E-state index in [0.29, 0.717) is 47.2 Å². The molecule has 0 bridgehead atoms. The molecule has 1 saturated heterocycles. The van der Waals surface area contributed by atoms with Crippen LogP contribution in [-0.2, 0) is 5.54 Å². The molecule has 246 valence electrons. The van der Waals surface area contributed by atoms with Crippen molar-refractivity contribution in [3.05, 3.63) is 111 Å². The Hall–Kier alpha value is -3.68. The Morgan fingerprint density at radius 1 is 1.02 bits per heavy atom. The summed E-state index contributed by atoms with van der Waals surface area (Å²) in [4.78, 5) is 20.6. The summed E-state index contributed by atoms with van der Waals surface area (Å²) in [6.45, 7) is 5.26. The quantitative estimate of drug-likeness (QED) is 0.198. The first-order chi connectivity index (χ1) is 22.6. The third-order valence-corrected chi connectivity index (χ3v) is 10.3. The first-order valence-electron chi connectivity index (χ1n) is 15.7. The topological polar surface area (TPSA) is 100 Å². The van der Waals surface area contributed by atoms with Gasteiger partial charge in [-0.2, -0.15) is 5.26 Å². The van der Waals surface area contributed by atoms with E-state index in [-0.39, 0.29) is 18.6 Å². The molecule has 47 heavy (non-hydrogen) atoms. The molecule has 0 saturated carbocycles. The van der Waals surface area contributed by atoms with Gasteiger partial charge in [0.15, 0.2) is 0 Å². The standard InChI is InChI=1S/C37H40Cl2N4O4/c1-37(28-10-13-32(38)33(39)22-28,41(2)36(46)31-21-25(23-40)20-27-6-4-5-7-30(27)31)14-15-42-16-18-43(19-17-42)35(34(45)24-44)26-8-11-29(47-3)12-9-26/h4-13,20-22,34-35,44-45H,14-19,24H2,1-3H3/t34-,35+,37?/m1/s1. The number of hydrogen-bond acceptors (Lipinski definition) is 7. The van der Waals surface area contributed by atoms with Crippen LogP contribution in [0, 0.1) is 11.3 Å². The van der Waals surface area contributed by atoms with Gasteiger partial charge in [0.1, 0.15) is 5.75 Å². The van der Waals surface area contributed by atoms with E-state index in [1.807, 2.05) is 67.6 Å². The van der Waals surface area contributed by atoms with Crippen LogP contribution in [0.2, 0.25) is 10.0 Å². The summed E-state index contributed by atoms with van der Waals surface area (Å²) in [5, 5.41) is 32.8. The van der Waals surface area contributed by atoms with Gasteiger partial charge in [-0.25, -0.2) is 0 Å². The van der Waals surface area contributed by atoms with Gasteiger partial charge >= 0.3 is 0 Å². The van der Waals surface area contributed by atoms with Crippen molar-refractivity contribution in [2.24, 2.45) is 0 Å². The highest BCUT2D eigenvalue weighted by Crippen LogP contribution is 2.37. The number of rotatable bonds is 11. The average Bonchev–Trinajstić information content (AvgIpc) is 3.11. The van der Waals surface area contributed by atoms with E-state index in [4.69, 9.17) is 27.9 Å². The largest absolute Gasteiger partial charge is 0.497 e. The number of amides is 1. The molecular formula is C37H40Cl2N4O4. The summed E-state index contributed by atoms with van der Waals surface area (Å²) in [6.07, 6.45) is -0.326. The van der Waals surface area contributed by atoms with Gasteiger partial charge in [0.05, 0.1) is 53.1 Å². The lowest BCUT2D eigenvalue weighted by Crippen LogP contribution is -2.52. The van der Waals surface area contributed by atoms with Gasteiger partial charge in [-0.15, -0.1) is 0 Å². The fourth-order valence-electron chi connectivity index (χ4n) is 6.51. The Kier molecular flexibility index (Phi) is 11.1. The predicted octanol–water partition coefficient (Wildman–Crippen LogP) is 6.12. The van der Waals surface area contributed by atoms with Crippen LogP contribution in [0.3, 0.4) is 0 Å². The normalized spacial score (nSPS) is 16.6. The van der Waals surface area contributed by atoms with Crippen LogP contribution in [0.25, 0.3) is 10.8 Å². The number of piperazine rings is 1. The van der Waals surface area contributed by atoms with Gasteiger partial charge in [0, 0.05) is 45.3 Å². The van der Waals surface area contributed by atoms with Gasteiger partial charge in [-0.05, 0) is 71.6 Å². The van der Waals surface area contributed by atoms with Crippen molar-refractivity contribution in [3.8, 4) is 11.8 Å². The Morgan fingerprint density at radius 2 is 1.72 bits per heavy atom. The number of carbonyl (C=O) groups excluding carboxylic acids is 1. The maximum Gasteiger partial charge on any atom is 0.254 e. The monoisotopic (exact) mass is 674 g/mol. The second-order valence-electron chi connectivity index (χ2n) is 12.2. The van der Waals surface area contributed by atoms with Crippen molar-refractivity contribution in [3.63, 3.8) is 0 Å². The molecule has 2 N–H and O–H groups in total. The molecule has 1 fully saturated rings. The van der Waals surface area contributed by atoms with Crippen LogP contribution in [0.5, 0.6) is 5.75 Å². The fraction of sp³-hybridized carbons (Fsp3) is 0.351. The Bertz CT molecular complexity index is 1750. The second-order valence-corrected chi connectivity index (χ2v) is 13.0. The highest BCUT2D eigenvalue weighted by molar-refractivity contribution is 6.42. The van der Waals surface area contributed by atoms with E-state index in [1.54, 1.807) is 37.3 Å². The van der Waals surface area contributed by atoms with Crippen LogP contribution in [0.1, 0.15) is 46.4 Å². The maximum absolute atomic E-state index is 14.3. The predicted molar refractivity (Wildman–Crippen MR) is 186 cm³/mol. The number of hydrogen-bond donors (Lipinski definition) is 2. The summed E-state index contributed by atoms with van der Waals surface area (Å²) in [6, 6.07) is 26.0. The zero-order valence-electron chi connectivity index (χ0n) is 26.9. The van der Waals surface area contributed by atoms with Crippen LogP contribution < -0.4 is 4.74 Å². The average molecular weight is 676 g/mol. The number of nitrogens with zero attached hydrogens (tertiary/aromatic N) is 4. The summed E-state index contributed by atoms with van der Waals surface area (Å²) in [5.74, 6) is 0.534. The number of aliphatic hydroxyl groups excluding tert-OH is 2. The highest BCUT2D eigenvalue weighted by atomic mass is 35.5. The zero-order chi connectivity index (χ0) is 33.7. The molecule has 1 heterocycles. The van der Waals surface area contributed by atoms with Crippen molar-refractivity contribution < 1.29 is 19.7 Å². The molecule has 1 unspecified atom stereocenters. The molecule has 8 nitrogen and oxygen atoms in total. The number of nitriles is 1. The number of halogens is 2. The van der Waals surface area contributed by atoms with Crippen LogP contribution in [0.15, 0.2) is 78.9 Å². The minimum Gasteiger partial charge on any atom is -0.497 e. The molecule has 4 aromatic carbocycles. The van der Waals surface area contributed by atoms with Gasteiger partial charge in [-0.1, -0.05) is 65.7 Å². The van der Waals surface area contributed by atoms with Gasteiger partial charge in [0.25, 0.3) is 5.91 Å². The number of ether oxygens (including phenoxy) is 1. The Labute approximate surface area is 286 Å². The maximum atomic E-state index is 14.3. The lowest BCUT2D eigenvalue weighted by atomic mass is 9.85. The molecule has 1 aliphatic rings. The molecule has 5 rings (SSSR count). The molecule has 0 radical (unpaired) electrons. The van der Waals surface area contributed by atoms with E-state index in [2.05, 4.69) is 15.9 Å². The smallest absolute Gasteiger partial charge is 0.254 e. The van der Waals surface area contributed by atoms with E-state index < -0.39 is 11.6 Å². The van der Waals surface area contributed by atoms with Crippen molar-refractivity contribution in [1.29, 1.82) is 5.26 Å². The number of benzene rings is 4. The van der Waals surface area contributed by atoms with Gasteiger partial charge < -0.3 is 24.7 Å². The van der Waals surface area contributed by atoms with E-state index in [0.717, 1.165) is 40.7 Å². The minimum atomic E-state index is -0.928. The van der Waals surface area contributed by atoms with Crippen molar-refractivity contribution in [2.75, 3.05) is 53.5 Å². The number of fused-ring (bicyclic) bond motifs is 1. The van der Waals surface area contributed by atoms with Crippen LogP contribution >= 0.6 is 23.2 Å². The molecule has 4 aromatic rings. The van der Waals surface area contributed by atoms with E-state index in [9.17, 15) is 20.3 Å². The summed E-state index contributed by atoms with van der Waals surface area (Å²) >= 11 is 12.8. The van der Waals surface area contributed by atoms with Gasteiger partial charge in [0.2, 0.25) is 0 Å². The molecular weight excluding hydrogens is 635 g/mol. The minimum absolute atomic E-state index is 0.197. The molecule has 1 amide bonds. The third-order valence-electron chi connectivity index (χ3n) is 9.53. The SMILES string of the molecule is COc1ccc([C@@H]([C@H](O)CO)N2CCN(CCC(C)(c3ccc(Cl)c(Cl)c3)N(C)C(=O)c3cc(C#N)cc4ccccc34)CC2)cc1. The van der Waals surface area contributed by atoms with Crippen molar-refractivity contribution in [1.82, 2.24) is 14.7 Å². The van der Waals surface area contributed by atoms with Gasteiger partial charge in [-0.3, -0.25) is 9.69 Å². The highest BCUT2D eigenvalue weighted by Gasteiger charge is 2.37. The number of carbonyl (C=O) groups is 1. The second kappa shape index (κ2) is 15.0. The number of methoxy groups -OCH3 is 1. The Morgan fingerprint density at radius 3 is 2.36 bits per heavy atom. The molecule has 3 atom stereocenters. The van der Waals surface area contributed by atoms with E-state index in [1.165, 1.54) is 0 Å². The Balaban J connectivity index is 1.37. The third kappa shape index (κ3) is 7.42. The zero-order valence-corrected chi connectivity index (χ0v) is 28.4. The summed E-state index contributed by atoms with van der Waals surface area (Å²) < 4.78 is 5.30. The molecule has 0 spiro atoms. The molecule has 1 aliphatic heterocycles.